The van der Waals surface area contributed by atoms with Crippen LogP contribution in [0.4, 0.5) is 22.0 Å². The molecule has 10 heteroatoms. The van der Waals surface area contributed by atoms with Gasteiger partial charge in [0.2, 0.25) is 0 Å². The summed E-state index contributed by atoms with van der Waals surface area (Å²) < 4.78 is 68.9. The lowest BCUT2D eigenvalue weighted by Gasteiger charge is -2.15. The van der Waals surface area contributed by atoms with Crippen LogP contribution >= 0.6 is 0 Å². The van der Waals surface area contributed by atoms with Gasteiger partial charge in [0.05, 0.1) is 11.3 Å². The van der Waals surface area contributed by atoms with Gasteiger partial charge in [0.1, 0.15) is 34.5 Å². The summed E-state index contributed by atoms with van der Waals surface area (Å²) >= 11 is 0. The number of aromatic nitrogens is 3. The number of hydrogen-bond acceptors (Lipinski definition) is 4. The number of rotatable bonds is 8. The summed E-state index contributed by atoms with van der Waals surface area (Å²) in [7, 11) is 0. The van der Waals surface area contributed by atoms with E-state index in [9.17, 15) is 31.9 Å². The number of pyridine rings is 1. The molecule has 0 amide bonds. The molecule has 0 unspecified atom stereocenters. The van der Waals surface area contributed by atoms with Crippen molar-refractivity contribution in [1.82, 2.24) is 14.5 Å². The number of hydrogen-bond donors (Lipinski definition) is 1. The number of unbranched alkanes of at least 4 members (excludes halogenated alkanes) is 1. The van der Waals surface area contributed by atoms with Crippen LogP contribution in [-0.4, -0.2) is 31.0 Å². The minimum Gasteiger partial charge on any atom is -0.390 e. The summed E-state index contributed by atoms with van der Waals surface area (Å²) in [5, 5.41) is 9.71. The molecule has 0 atom stereocenters. The molecular formula is C22H22F5N3O2. The van der Waals surface area contributed by atoms with Crippen molar-refractivity contribution in [2.45, 2.75) is 57.7 Å². The summed E-state index contributed by atoms with van der Waals surface area (Å²) in [5.74, 6) is -1.53. The van der Waals surface area contributed by atoms with E-state index in [1.165, 1.54) is 13.8 Å². The molecule has 2 aromatic heterocycles. The Labute approximate surface area is 180 Å². The Morgan fingerprint density at radius 1 is 1.06 bits per heavy atom. The van der Waals surface area contributed by atoms with E-state index in [4.69, 9.17) is 0 Å². The van der Waals surface area contributed by atoms with E-state index < -0.39 is 29.1 Å². The van der Waals surface area contributed by atoms with Gasteiger partial charge in [0.15, 0.2) is 5.65 Å². The number of carbonyl (C=O) groups excluding carboxylic acids is 1. The Morgan fingerprint density at radius 3 is 2.44 bits per heavy atom. The first-order valence-corrected chi connectivity index (χ1v) is 10.0. The molecule has 0 saturated heterocycles. The van der Waals surface area contributed by atoms with E-state index in [2.05, 4.69) is 9.97 Å². The number of aryl methyl sites for hydroxylation is 1. The molecule has 0 radical (unpaired) electrons. The van der Waals surface area contributed by atoms with Crippen molar-refractivity contribution >= 4 is 16.9 Å². The van der Waals surface area contributed by atoms with Crippen LogP contribution < -0.4 is 0 Å². The Hall–Kier alpha value is -2.88. The van der Waals surface area contributed by atoms with Crippen LogP contribution in [0.15, 0.2) is 30.3 Å². The van der Waals surface area contributed by atoms with Crippen LogP contribution in [0.1, 0.15) is 51.0 Å². The monoisotopic (exact) mass is 455 g/mol. The van der Waals surface area contributed by atoms with Crippen LogP contribution in [-0.2, 0) is 17.4 Å². The topological polar surface area (TPSA) is 68.0 Å². The molecule has 1 N–H and O–H groups in total. The molecule has 0 aliphatic heterocycles. The van der Waals surface area contributed by atoms with Gasteiger partial charge >= 0.3 is 6.18 Å². The van der Waals surface area contributed by atoms with Gasteiger partial charge in [0, 0.05) is 25.3 Å². The largest absolute Gasteiger partial charge is 0.433 e. The van der Waals surface area contributed by atoms with Crippen LogP contribution in [0.2, 0.25) is 0 Å². The minimum atomic E-state index is -4.72. The highest BCUT2D eigenvalue weighted by Gasteiger charge is 2.33. The molecule has 3 rings (SSSR count). The molecule has 0 saturated carbocycles. The zero-order valence-electron chi connectivity index (χ0n) is 17.5. The zero-order valence-corrected chi connectivity index (χ0v) is 17.5. The van der Waals surface area contributed by atoms with E-state index >= 15 is 0 Å². The van der Waals surface area contributed by atoms with Gasteiger partial charge in [-0.3, -0.25) is 9.36 Å². The number of imidazole rings is 1. The highest BCUT2D eigenvalue weighted by atomic mass is 19.4. The van der Waals surface area contributed by atoms with Gasteiger partial charge in [-0.1, -0.05) is 0 Å². The molecular weight excluding hydrogens is 433 g/mol. The van der Waals surface area contributed by atoms with Gasteiger partial charge in [-0.15, -0.1) is 0 Å². The molecule has 0 bridgehead atoms. The molecule has 5 nitrogen and oxygen atoms in total. The van der Waals surface area contributed by atoms with Crippen LogP contribution in [0.3, 0.4) is 0 Å². The fourth-order valence-corrected chi connectivity index (χ4v) is 3.42. The smallest absolute Gasteiger partial charge is 0.390 e. The van der Waals surface area contributed by atoms with E-state index in [1.807, 2.05) is 0 Å². The highest BCUT2D eigenvalue weighted by molar-refractivity contribution is 5.79. The summed E-state index contributed by atoms with van der Waals surface area (Å²) in [6.45, 7) is 3.06. The van der Waals surface area contributed by atoms with Crippen molar-refractivity contribution in [3.8, 4) is 5.69 Å². The maximum Gasteiger partial charge on any atom is 0.433 e. The van der Waals surface area contributed by atoms with Crippen molar-refractivity contribution < 1.29 is 31.9 Å². The third kappa shape index (κ3) is 5.67. The Kier molecular flexibility index (Phi) is 6.64. The number of Topliss-reactive ketones (excluding diaryl/α,β-unsaturated/α-hetero) is 1. The average molecular weight is 455 g/mol. The van der Waals surface area contributed by atoms with Crippen LogP contribution in [0.25, 0.3) is 16.9 Å². The third-order valence-corrected chi connectivity index (χ3v) is 4.75. The van der Waals surface area contributed by atoms with E-state index in [-0.39, 0.29) is 47.7 Å². The fourth-order valence-electron chi connectivity index (χ4n) is 3.42. The van der Waals surface area contributed by atoms with Crippen LogP contribution in [0, 0.1) is 11.6 Å². The number of halogens is 5. The number of aliphatic hydroxyl groups is 1. The fraction of sp³-hybridized carbons (Fsp3) is 0.409. The molecule has 172 valence electrons. The number of nitrogens with zero attached hydrogens (tertiary/aromatic N) is 3. The van der Waals surface area contributed by atoms with E-state index in [0.29, 0.717) is 12.8 Å². The molecule has 32 heavy (non-hydrogen) atoms. The van der Waals surface area contributed by atoms with Gasteiger partial charge < -0.3 is 5.11 Å². The third-order valence-electron chi connectivity index (χ3n) is 4.75. The number of ketones is 1. The summed E-state index contributed by atoms with van der Waals surface area (Å²) in [4.78, 5) is 19.8. The van der Waals surface area contributed by atoms with Gasteiger partial charge in [0.25, 0.3) is 0 Å². The van der Waals surface area contributed by atoms with Gasteiger partial charge in [-0.2, -0.15) is 13.2 Å². The van der Waals surface area contributed by atoms with Crippen molar-refractivity contribution in [2.75, 3.05) is 0 Å². The van der Waals surface area contributed by atoms with Crippen molar-refractivity contribution in [3.63, 3.8) is 0 Å². The summed E-state index contributed by atoms with van der Waals surface area (Å²) in [6.07, 6.45) is -3.46. The molecule has 2 heterocycles. The van der Waals surface area contributed by atoms with E-state index in [0.717, 1.165) is 34.9 Å². The second kappa shape index (κ2) is 8.93. The normalized spacial score (nSPS) is 12.5. The lowest BCUT2D eigenvalue weighted by Crippen LogP contribution is -2.23. The Balaban J connectivity index is 1.93. The number of benzene rings is 1. The van der Waals surface area contributed by atoms with Crippen molar-refractivity contribution in [2.24, 2.45) is 0 Å². The predicted octanol–water partition coefficient (Wildman–Crippen LogP) is 5.16. The zero-order chi connectivity index (χ0) is 23.7. The lowest BCUT2D eigenvalue weighted by molar-refractivity contribution is -0.141. The lowest BCUT2D eigenvalue weighted by atomic mass is 9.99. The number of carbonyl (C=O) groups is 1. The van der Waals surface area contributed by atoms with Crippen molar-refractivity contribution in [1.29, 1.82) is 0 Å². The Bertz CT molecular complexity index is 1130. The second-order valence-corrected chi connectivity index (χ2v) is 8.23. The molecule has 1 aromatic carbocycles. The van der Waals surface area contributed by atoms with E-state index in [1.54, 1.807) is 0 Å². The molecule has 3 aromatic rings. The maximum atomic E-state index is 14.5. The first-order valence-electron chi connectivity index (χ1n) is 10.0. The standard InChI is InChI=1S/C22H22F5N3O2/c1-21(2,32)12-14(31)5-3-4-6-19-28-16-9-10-18(22(25,26)27)29-20(16)30(19)17-11-13(23)7-8-15(17)24/h7-11,32H,3-6,12H2,1-2H3. The maximum absolute atomic E-state index is 14.5. The minimum absolute atomic E-state index is 0.00412. The number of fused-ring (bicyclic) bond motifs is 1. The molecule has 0 fully saturated rings. The quantitative estimate of drug-likeness (QED) is 0.376. The summed E-state index contributed by atoms with van der Waals surface area (Å²) in [6, 6.07) is 4.56. The second-order valence-electron chi connectivity index (χ2n) is 8.23. The molecule has 0 aliphatic rings. The first-order chi connectivity index (χ1) is 14.8. The first kappa shape index (κ1) is 23.8. The van der Waals surface area contributed by atoms with Crippen LogP contribution in [0.5, 0.6) is 0 Å². The van der Waals surface area contributed by atoms with Gasteiger partial charge in [-0.25, -0.2) is 18.7 Å². The number of alkyl halides is 3. The van der Waals surface area contributed by atoms with Crippen molar-refractivity contribution in [3.05, 3.63) is 53.5 Å². The molecule has 0 aliphatic carbocycles. The summed E-state index contributed by atoms with van der Waals surface area (Å²) in [5.41, 5.74) is -2.71. The predicted molar refractivity (Wildman–Crippen MR) is 107 cm³/mol. The molecule has 0 spiro atoms. The Morgan fingerprint density at radius 2 is 1.78 bits per heavy atom. The van der Waals surface area contributed by atoms with Gasteiger partial charge in [-0.05, 0) is 51.0 Å². The SMILES string of the molecule is CC(C)(O)CC(=O)CCCCc1nc2ccc(C(F)(F)F)nc2n1-c1cc(F)ccc1F. The highest BCUT2D eigenvalue weighted by Crippen LogP contribution is 2.31. The average Bonchev–Trinajstić information content (AvgIpc) is 3.02.